The minimum Gasteiger partial charge on any atom is -0.377 e. The molecule has 0 radical (unpaired) electrons. The molecule has 1 atom stereocenters. The molecule has 98 valence electrons. The lowest BCUT2D eigenvalue weighted by molar-refractivity contribution is 0.0622. The number of hydrogen-bond donors (Lipinski definition) is 1. The monoisotopic (exact) mass is 230 g/mol. The van der Waals surface area contributed by atoms with Crippen LogP contribution in [0.25, 0.3) is 0 Å². The van der Waals surface area contributed by atoms with Crippen LogP contribution in [0.4, 0.5) is 0 Å². The Balaban J connectivity index is 3.60. The van der Waals surface area contributed by atoms with Gasteiger partial charge in [-0.25, -0.2) is 0 Å². The second-order valence-corrected chi connectivity index (χ2v) is 4.74. The molecule has 0 saturated carbocycles. The fourth-order valence-electron chi connectivity index (χ4n) is 1.60. The van der Waals surface area contributed by atoms with Gasteiger partial charge in [-0.3, -0.25) is 0 Å². The van der Waals surface area contributed by atoms with E-state index in [1.54, 1.807) is 0 Å². The highest BCUT2D eigenvalue weighted by Crippen LogP contribution is 1.96. The van der Waals surface area contributed by atoms with Crippen molar-refractivity contribution in [1.29, 1.82) is 0 Å². The molecule has 0 aliphatic carbocycles. The maximum absolute atomic E-state index is 5.55. The van der Waals surface area contributed by atoms with Gasteiger partial charge in [-0.15, -0.1) is 0 Å². The Morgan fingerprint density at radius 1 is 1.25 bits per heavy atom. The van der Waals surface area contributed by atoms with E-state index in [0.29, 0.717) is 12.1 Å². The molecule has 0 aromatic rings. The highest BCUT2D eigenvalue weighted by molar-refractivity contribution is 4.68. The van der Waals surface area contributed by atoms with Crippen molar-refractivity contribution >= 4 is 0 Å². The fourth-order valence-corrected chi connectivity index (χ4v) is 1.60. The molecule has 0 spiro atoms. The van der Waals surface area contributed by atoms with E-state index < -0.39 is 0 Å². The van der Waals surface area contributed by atoms with Gasteiger partial charge in [0.15, 0.2) is 0 Å². The molecule has 16 heavy (non-hydrogen) atoms. The van der Waals surface area contributed by atoms with Crippen LogP contribution in [-0.2, 0) is 4.74 Å². The maximum atomic E-state index is 5.55. The van der Waals surface area contributed by atoms with Crippen LogP contribution in [0.3, 0.4) is 0 Å². The van der Waals surface area contributed by atoms with Crippen LogP contribution in [0.5, 0.6) is 0 Å². The molecule has 1 unspecified atom stereocenters. The van der Waals surface area contributed by atoms with Crippen LogP contribution in [0, 0.1) is 0 Å². The zero-order valence-electron chi connectivity index (χ0n) is 11.8. The van der Waals surface area contributed by atoms with Crippen molar-refractivity contribution in [3.8, 4) is 0 Å². The summed E-state index contributed by atoms with van der Waals surface area (Å²) in [4.78, 5) is 2.35. The molecule has 3 nitrogen and oxygen atoms in total. The van der Waals surface area contributed by atoms with Crippen molar-refractivity contribution in [3.05, 3.63) is 0 Å². The zero-order valence-corrected chi connectivity index (χ0v) is 11.8. The summed E-state index contributed by atoms with van der Waals surface area (Å²) < 4.78 is 5.55. The Hall–Kier alpha value is -0.120. The van der Waals surface area contributed by atoms with Gasteiger partial charge in [0.2, 0.25) is 0 Å². The first kappa shape index (κ1) is 15.9. The number of rotatable bonds is 10. The molecule has 0 saturated heterocycles. The standard InChI is InChI=1S/C13H30N2O/c1-6-8-14-13(7-2)11-15(5)9-10-16-12(3)4/h12-14H,6-11H2,1-5H3. The van der Waals surface area contributed by atoms with Crippen LogP contribution in [0.1, 0.15) is 40.5 Å². The van der Waals surface area contributed by atoms with Crippen molar-refractivity contribution in [2.45, 2.75) is 52.7 Å². The first-order valence-electron chi connectivity index (χ1n) is 6.63. The van der Waals surface area contributed by atoms with Crippen LogP contribution < -0.4 is 5.32 Å². The molecule has 0 bridgehead atoms. The van der Waals surface area contributed by atoms with Gasteiger partial charge in [0.25, 0.3) is 0 Å². The maximum Gasteiger partial charge on any atom is 0.0596 e. The summed E-state index contributed by atoms with van der Waals surface area (Å²) in [7, 11) is 2.17. The van der Waals surface area contributed by atoms with Crippen molar-refractivity contribution in [1.82, 2.24) is 10.2 Å². The lowest BCUT2D eigenvalue weighted by atomic mass is 10.2. The predicted molar refractivity (Wildman–Crippen MR) is 71.0 cm³/mol. The van der Waals surface area contributed by atoms with Crippen LogP contribution in [0.2, 0.25) is 0 Å². The topological polar surface area (TPSA) is 24.5 Å². The van der Waals surface area contributed by atoms with Gasteiger partial charge >= 0.3 is 0 Å². The minimum atomic E-state index is 0.341. The minimum absolute atomic E-state index is 0.341. The molecule has 0 aromatic heterocycles. The van der Waals surface area contributed by atoms with E-state index in [9.17, 15) is 0 Å². The normalized spacial score (nSPS) is 13.7. The van der Waals surface area contributed by atoms with E-state index in [0.717, 1.165) is 26.2 Å². The van der Waals surface area contributed by atoms with E-state index in [1.165, 1.54) is 12.8 Å². The lowest BCUT2D eigenvalue weighted by Crippen LogP contribution is -2.40. The summed E-state index contributed by atoms with van der Waals surface area (Å²) in [5.41, 5.74) is 0. The Morgan fingerprint density at radius 3 is 2.44 bits per heavy atom. The second-order valence-electron chi connectivity index (χ2n) is 4.74. The molecule has 1 N–H and O–H groups in total. The Morgan fingerprint density at radius 2 is 1.94 bits per heavy atom. The average molecular weight is 230 g/mol. The largest absolute Gasteiger partial charge is 0.377 e. The third-order valence-electron chi connectivity index (χ3n) is 2.63. The van der Waals surface area contributed by atoms with Gasteiger partial charge in [-0.2, -0.15) is 0 Å². The average Bonchev–Trinajstić information content (AvgIpc) is 2.23. The molecule has 0 fully saturated rings. The van der Waals surface area contributed by atoms with Gasteiger partial charge < -0.3 is 15.0 Å². The highest BCUT2D eigenvalue weighted by Gasteiger charge is 2.08. The molecular weight excluding hydrogens is 200 g/mol. The third kappa shape index (κ3) is 9.13. The lowest BCUT2D eigenvalue weighted by Gasteiger charge is -2.24. The summed E-state index contributed by atoms with van der Waals surface area (Å²) in [5, 5.41) is 3.57. The molecular formula is C13H30N2O. The molecule has 0 amide bonds. The van der Waals surface area contributed by atoms with Crippen LogP contribution in [0.15, 0.2) is 0 Å². The van der Waals surface area contributed by atoms with E-state index >= 15 is 0 Å². The summed E-state index contributed by atoms with van der Waals surface area (Å²) >= 11 is 0. The zero-order chi connectivity index (χ0) is 12.4. The van der Waals surface area contributed by atoms with Crippen molar-refractivity contribution < 1.29 is 4.74 Å². The summed E-state index contributed by atoms with van der Waals surface area (Å²) in [6.07, 6.45) is 2.74. The summed E-state index contributed by atoms with van der Waals surface area (Å²) in [6.45, 7) is 12.7. The van der Waals surface area contributed by atoms with Crippen molar-refractivity contribution in [2.24, 2.45) is 0 Å². The smallest absolute Gasteiger partial charge is 0.0596 e. The SMILES string of the molecule is CCCNC(CC)CN(C)CCOC(C)C. The Labute approximate surface area is 102 Å². The Kier molecular flexibility index (Phi) is 9.99. The van der Waals surface area contributed by atoms with Gasteiger partial charge in [0.05, 0.1) is 12.7 Å². The number of ether oxygens (including phenoxy) is 1. The summed E-state index contributed by atoms with van der Waals surface area (Å²) in [5.74, 6) is 0. The predicted octanol–water partition coefficient (Wildman–Crippen LogP) is 2.12. The van der Waals surface area contributed by atoms with E-state index in [4.69, 9.17) is 4.74 Å². The quantitative estimate of drug-likeness (QED) is 0.622. The number of nitrogens with one attached hydrogen (secondary N) is 1. The van der Waals surface area contributed by atoms with Crippen LogP contribution >= 0.6 is 0 Å². The van der Waals surface area contributed by atoms with E-state index in [1.807, 2.05) is 0 Å². The molecule has 3 heteroatoms. The molecule has 0 rings (SSSR count). The van der Waals surface area contributed by atoms with Gasteiger partial charge in [-0.1, -0.05) is 13.8 Å². The third-order valence-corrected chi connectivity index (χ3v) is 2.63. The number of nitrogens with zero attached hydrogens (tertiary/aromatic N) is 1. The molecule has 0 aliphatic heterocycles. The molecule has 0 aliphatic rings. The second kappa shape index (κ2) is 10.1. The molecule has 0 aromatic carbocycles. The van der Waals surface area contributed by atoms with Crippen molar-refractivity contribution in [2.75, 3.05) is 33.3 Å². The van der Waals surface area contributed by atoms with Gasteiger partial charge in [0.1, 0.15) is 0 Å². The first-order chi connectivity index (χ1) is 7.60. The van der Waals surface area contributed by atoms with Gasteiger partial charge in [0, 0.05) is 19.1 Å². The first-order valence-corrected chi connectivity index (χ1v) is 6.63. The van der Waals surface area contributed by atoms with Gasteiger partial charge in [-0.05, 0) is 40.3 Å². The highest BCUT2D eigenvalue weighted by atomic mass is 16.5. The fraction of sp³-hybridized carbons (Fsp3) is 1.00. The van der Waals surface area contributed by atoms with Crippen molar-refractivity contribution in [3.63, 3.8) is 0 Å². The Bertz CT molecular complexity index is 151. The van der Waals surface area contributed by atoms with Crippen LogP contribution in [-0.4, -0.2) is 50.3 Å². The van der Waals surface area contributed by atoms with E-state index in [-0.39, 0.29) is 0 Å². The summed E-state index contributed by atoms with van der Waals surface area (Å²) in [6, 6.07) is 0.615. The number of likely N-dealkylation sites (N-methyl/N-ethyl adjacent to an activating group) is 1. The molecule has 0 heterocycles. The number of hydrogen-bond acceptors (Lipinski definition) is 3. The van der Waals surface area contributed by atoms with E-state index in [2.05, 4.69) is 45.0 Å².